The number of ether oxygens (including phenoxy) is 3. The largest absolute Gasteiger partial charge is 0.382 e. The van der Waals surface area contributed by atoms with Crippen LogP contribution >= 0.6 is 23.2 Å². The number of halogens is 2. The summed E-state index contributed by atoms with van der Waals surface area (Å²) < 4.78 is 15.5. The van der Waals surface area contributed by atoms with E-state index in [1.807, 2.05) is 0 Å². The van der Waals surface area contributed by atoms with Gasteiger partial charge in [0.05, 0.1) is 38.1 Å². The lowest BCUT2D eigenvalue weighted by Crippen LogP contribution is -2.08. The number of methoxy groups -OCH3 is 1. The quantitative estimate of drug-likeness (QED) is 0.542. The summed E-state index contributed by atoms with van der Waals surface area (Å²) in [4.78, 5) is 3.93. The standard InChI is InChI=1S/C11H15Cl2NO3/c1-15-2-3-16-4-5-17-8-9-7-14-11(13)6-10(9)12/h6-7H,2-5,8H2,1H3. The Balaban J connectivity index is 2.14. The number of pyridine rings is 1. The van der Waals surface area contributed by atoms with E-state index in [2.05, 4.69) is 4.98 Å². The highest BCUT2D eigenvalue weighted by Gasteiger charge is 2.02. The van der Waals surface area contributed by atoms with Crippen molar-refractivity contribution in [3.8, 4) is 0 Å². The monoisotopic (exact) mass is 279 g/mol. The normalized spacial score (nSPS) is 10.8. The van der Waals surface area contributed by atoms with E-state index >= 15 is 0 Å². The molecule has 1 aromatic rings. The lowest BCUT2D eigenvalue weighted by atomic mass is 10.3. The Morgan fingerprint density at radius 1 is 1.12 bits per heavy atom. The van der Waals surface area contributed by atoms with E-state index in [9.17, 15) is 0 Å². The molecule has 0 saturated carbocycles. The van der Waals surface area contributed by atoms with Gasteiger partial charge in [-0.3, -0.25) is 0 Å². The maximum Gasteiger partial charge on any atom is 0.130 e. The third-order valence-electron chi connectivity index (χ3n) is 1.96. The predicted molar refractivity (Wildman–Crippen MR) is 66.6 cm³/mol. The molecule has 0 spiro atoms. The molecular weight excluding hydrogens is 265 g/mol. The number of aromatic nitrogens is 1. The molecule has 0 saturated heterocycles. The minimum absolute atomic E-state index is 0.377. The molecule has 4 nitrogen and oxygen atoms in total. The van der Waals surface area contributed by atoms with Crippen LogP contribution in [0.2, 0.25) is 10.2 Å². The fourth-order valence-corrected chi connectivity index (χ4v) is 1.51. The Morgan fingerprint density at radius 2 is 1.82 bits per heavy atom. The predicted octanol–water partition coefficient (Wildman–Crippen LogP) is 2.57. The van der Waals surface area contributed by atoms with Crippen LogP contribution in [-0.2, 0) is 20.8 Å². The van der Waals surface area contributed by atoms with Gasteiger partial charge in [0, 0.05) is 18.9 Å². The summed E-state index contributed by atoms with van der Waals surface area (Å²) in [6.45, 7) is 2.59. The molecule has 0 bridgehead atoms. The molecule has 0 fully saturated rings. The Morgan fingerprint density at radius 3 is 2.53 bits per heavy atom. The third-order valence-corrected chi connectivity index (χ3v) is 2.52. The van der Waals surface area contributed by atoms with Crippen LogP contribution in [0.15, 0.2) is 12.3 Å². The number of hydrogen-bond acceptors (Lipinski definition) is 4. The molecule has 1 heterocycles. The number of nitrogens with zero attached hydrogens (tertiary/aromatic N) is 1. The van der Waals surface area contributed by atoms with E-state index in [1.165, 1.54) is 0 Å². The smallest absolute Gasteiger partial charge is 0.130 e. The van der Waals surface area contributed by atoms with Crippen molar-refractivity contribution in [1.29, 1.82) is 0 Å². The van der Waals surface area contributed by atoms with Gasteiger partial charge in [-0.15, -0.1) is 0 Å². The molecular formula is C11H15Cl2NO3. The Kier molecular flexibility index (Phi) is 7.48. The van der Waals surface area contributed by atoms with E-state index in [4.69, 9.17) is 37.4 Å². The summed E-state index contributed by atoms with van der Waals surface area (Å²) in [6, 6.07) is 1.59. The second kappa shape index (κ2) is 8.66. The van der Waals surface area contributed by atoms with Crippen molar-refractivity contribution in [2.45, 2.75) is 6.61 Å². The molecule has 6 heteroatoms. The first-order chi connectivity index (χ1) is 8.24. The lowest BCUT2D eigenvalue weighted by molar-refractivity contribution is 0.0199. The van der Waals surface area contributed by atoms with Crippen molar-refractivity contribution in [2.24, 2.45) is 0 Å². The second-order valence-corrected chi connectivity index (χ2v) is 4.05. The van der Waals surface area contributed by atoms with Crippen molar-refractivity contribution in [1.82, 2.24) is 4.98 Å². The Hall–Kier alpha value is -0.390. The van der Waals surface area contributed by atoms with Gasteiger partial charge in [-0.05, 0) is 6.07 Å². The first-order valence-electron chi connectivity index (χ1n) is 5.18. The minimum Gasteiger partial charge on any atom is -0.382 e. The van der Waals surface area contributed by atoms with Crippen LogP contribution in [0.3, 0.4) is 0 Å². The zero-order valence-corrected chi connectivity index (χ0v) is 11.1. The van der Waals surface area contributed by atoms with Crippen molar-refractivity contribution < 1.29 is 14.2 Å². The summed E-state index contributed by atoms with van der Waals surface area (Å²) in [5.74, 6) is 0. The van der Waals surface area contributed by atoms with Crippen LogP contribution in [0.25, 0.3) is 0 Å². The van der Waals surface area contributed by atoms with Gasteiger partial charge in [-0.1, -0.05) is 23.2 Å². The molecule has 0 N–H and O–H groups in total. The molecule has 96 valence electrons. The van der Waals surface area contributed by atoms with Gasteiger partial charge in [0.1, 0.15) is 5.15 Å². The highest BCUT2D eigenvalue weighted by Crippen LogP contribution is 2.19. The van der Waals surface area contributed by atoms with E-state index in [-0.39, 0.29) is 0 Å². The van der Waals surface area contributed by atoms with Crippen molar-refractivity contribution in [3.05, 3.63) is 28.0 Å². The zero-order valence-electron chi connectivity index (χ0n) is 9.62. The Labute approximate surface area is 111 Å². The highest BCUT2D eigenvalue weighted by molar-refractivity contribution is 6.34. The molecule has 0 amide bonds. The van der Waals surface area contributed by atoms with Gasteiger partial charge in [0.2, 0.25) is 0 Å². The first-order valence-corrected chi connectivity index (χ1v) is 5.94. The van der Waals surface area contributed by atoms with Crippen LogP contribution in [0, 0.1) is 0 Å². The summed E-state index contributed by atoms with van der Waals surface area (Å²) in [7, 11) is 1.63. The average molecular weight is 280 g/mol. The molecule has 0 atom stereocenters. The molecule has 0 aliphatic rings. The van der Waals surface area contributed by atoms with Crippen LogP contribution in [0.4, 0.5) is 0 Å². The third kappa shape index (κ3) is 6.19. The van der Waals surface area contributed by atoms with Crippen LogP contribution in [0.5, 0.6) is 0 Å². The summed E-state index contributed by atoms with van der Waals surface area (Å²) in [6.07, 6.45) is 1.61. The van der Waals surface area contributed by atoms with Crippen LogP contribution in [-0.4, -0.2) is 38.5 Å². The molecule has 0 aromatic carbocycles. The zero-order chi connectivity index (χ0) is 12.5. The number of hydrogen-bond donors (Lipinski definition) is 0. The van der Waals surface area contributed by atoms with E-state index in [0.29, 0.717) is 43.2 Å². The first kappa shape index (κ1) is 14.7. The van der Waals surface area contributed by atoms with E-state index in [0.717, 1.165) is 5.56 Å². The van der Waals surface area contributed by atoms with Gasteiger partial charge >= 0.3 is 0 Å². The van der Waals surface area contributed by atoms with Gasteiger partial charge in [-0.2, -0.15) is 0 Å². The SMILES string of the molecule is COCCOCCOCc1cnc(Cl)cc1Cl. The molecule has 0 unspecified atom stereocenters. The van der Waals surface area contributed by atoms with E-state index < -0.39 is 0 Å². The van der Waals surface area contributed by atoms with Gasteiger partial charge in [0.25, 0.3) is 0 Å². The van der Waals surface area contributed by atoms with Gasteiger partial charge in [0.15, 0.2) is 0 Å². The second-order valence-electron chi connectivity index (χ2n) is 3.26. The fraction of sp³-hybridized carbons (Fsp3) is 0.545. The van der Waals surface area contributed by atoms with Crippen molar-refractivity contribution >= 4 is 23.2 Å². The maximum absolute atomic E-state index is 5.96. The highest BCUT2D eigenvalue weighted by atomic mass is 35.5. The summed E-state index contributed by atoms with van der Waals surface area (Å²) in [5.41, 5.74) is 0.813. The van der Waals surface area contributed by atoms with Crippen molar-refractivity contribution in [2.75, 3.05) is 33.5 Å². The number of rotatable bonds is 8. The molecule has 0 aliphatic heterocycles. The molecule has 0 radical (unpaired) electrons. The topological polar surface area (TPSA) is 40.6 Å². The lowest BCUT2D eigenvalue weighted by Gasteiger charge is -2.06. The summed E-state index contributed by atoms with van der Waals surface area (Å²) in [5, 5.41) is 0.937. The molecule has 17 heavy (non-hydrogen) atoms. The van der Waals surface area contributed by atoms with Crippen LogP contribution < -0.4 is 0 Å². The molecule has 0 aliphatic carbocycles. The molecule has 1 rings (SSSR count). The Bertz CT molecular complexity index is 336. The summed E-state index contributed by atoms with van der Waals surface area (Å²) >= 11 is 11.6. The minimum atomic E-state index is 0.377. The van der Waals surface area contributed by atoms with Gasteiger partial charge in [-0.25, -0.2) is 4.98 Å². The maximum atomic E-state index is 5.96. The van der Waals surface area contributed by atoms with E-state index in [1.54, 1.807) is 19.4 Å². The average Bonchev–Trinajstić information content (AvgIpc) is 2.30. The van der Waals surface area contributed by atoms with Gasteiger partial charge < -0.3 is 14.2 Å². The molecule has 1 aromatic heterocycles. The van der Waals surface area contributed by atoms with Crippen molar-refractivity contribution in [3.63, 3.8) is 0 Å². The fourth-order valence-electron chi connectivity index (χ4n) is 1.09. The van der Waals surface area contributed by atoms with Crippen LogP contribution in [0.1, 0.15) is 5.56 Å².